The molecule has 0 aliphatic carbocycles. The summed E-state index contributed by atoms with van der Waals surface area (Å²) in [6.45, 7) is 0.636. The van der Waals surface area contributed by atoms with Crippen LogP contribution < -0.4 is 5.48 Å². The fraction of sp³-hybridized carbons (Fsp3) is 0.0714. The number of carbonyl (C=O) groups is 1. The third-order valence-corrected chi connectivity index (χ3v) is 3.05. The van der Waals surface area contributed by atoms with Crippen molar-refractivity contribution in [2.75, 3.05) is 0 Å². The zero-order valence-corrected chi connectivity index (χ0v) is 10.5. The Hall–Kier alpha value is -2.73. The average Bonchev–Trinajstić information content (AvgIpc) is 2.90. The molecule has 0 bridgehead atoms. The van der Waals surface area contributed by atoms with E-state index in [2.05, 4.69) is 9.97 Å². The first-order valence-electron chi connectivity index (χ1n) is 6.07. The van der Waals surface area contributed by atoms with Gasteiger partial charge in [0.25, 0.3) is 5.91 Å². The predicted molar refractivity (Wildman–Crippen MR) is 72.3 cm³/mol. The summed E-state index contributed by atoms with van der Waals surface area (Å²) in [5, 5.41) is 9.49. The van der Waals surface area contributed by atoms with Crippen LogP contribution in [-0.2, 0) is 6.54 Å². The summed E-state index contributed by atoms with van der Waals surface area (Å²) < 4.78 is 2.01. The van der Waals surface area contributed by atoms with Crippen molar-refractivity contribution in [3.63, 3.8) is 0 Å². The summed E-state index contributed by atoms with van der Waals surface area (Å²) in [7, 11) is 0. The maximum Gasteiger partial charge on any atom is 0.293 e. The molecule has 0 unspecified atom stereocenters. The molecule has 6 nitrogen and oxygen atoms in total. The number of amides is 1. The van der Waals surface area contributed by atoms with Crippen LogP contribution in [0.25, 0.3) is 10.9 Å². The van der Waals surface area contributed by atoms with E-state index < -0.39 is 5.91 Å². The van der Waals surface area contributed by atoms with Crippen molar-refractivity contribution in [3.8, 4) is 0 Å². The maximum atomic E-state index is 11.3. The first kappa shape index (κ1) is 12.3. The maximum absolute atomic E-state index is 11.3. The highest BCUT2D eigenvalue weighted by atomic mass is 16.5. The van der Waals surface area contributed by atoms with E-state index in [1.165, 1.54) is 0 Å². The van der Waals surface area contributed by atoms with E-state index in [4.69, 9.17) is 5.21 Å². The smallest absolute Gasteiger partial charge is 0.293 e. The molecule has 0 atom stereocenters. The number of hydrogen-bond acceptors (Lipinski definition) is 4. The molecule has 1 amide bonds. The van der Waals surface area contributed by atoms with Crippen LogP contribution >= 0.6 is 0 Å². The van der Waals surface area contributed by atoms with E-state index >= 15 is 0 Å². The Bertz CT molecular complexity index is 752. The Morgan fingerprint density at radius 1 is 1.30 bits per heavy atom. The number of aromatic nitrogens is 3. The second-order valence-corrected chi connectivity index (χ2v) is 4.33. The van der Waals surface area contributed by atoms with Crippen LogP contribution in [0.3, 0.4) is 0 Å². The number of rotatable bonds is 3. The van der Waals surface area contributed by atoms with Gasteiger partial charge < -0.3 is 4.57 Å². The fourth-order valence-electron chi connectivity index (χ4n) is 2.07. The van der Waals surface area contributed by atoms with Gasteiger partial charge >= 0.3 is 0 Å². The van der Waals surface area contributed by atoms with E-state index in [0.717, 1.165) is 16.6 Å². The third-order valence-electron chi connectivity index (χ3n) is 3.05. The lowest BCUT2D eigenvalue weighted by atomic mass is 10.2. The molecule has 0 saturated heterocycles. The number of nitrogens with zero attached hydrogens (tertiary/aromatic N) is 3. The molecule has 0 radical (unpaired) electrons. The van der Waals surface area contributed by atoms with Crippen molar-refractivity contribution in [3.05, 3.63) is 60.3 Å². The molecule has 20 heavy (non-hydrogen) atoms. The lowest BCUT2D eigenvalue weighted by molar-refractivity contribution is 0.0701. The number of carbonyl (C=O) groups excluding carboxylic acids is 1. The molecule has 3 rings (SSSR count). The van der Waals surface area contributed by atoms with Crippen molar-refractivity contribution < 1.29 is 10.0 Å². The van der Waals surface area contributed by atoms with Gasteiger partial charge in [0.05, 0.1) is 24.0 Å². The zero-order valence-electron chi connectivity index (χ0n) is 10.5. The van der Waals surface area contributed by atoms with Crippen molar-refractivity contribution in [2.24, 2.45) is 0 Å². The first-order chi connectivity index (χ1) is 9.78. The molecular weight excluding hydrogens is 256 g/mol. The summed E-state index contributed by atoms with van der Waals surface area (Å²) in [6, 6.07) is 9.30. The van der Waals surface area contributed by atoms with Crippen LogP contribution in [0, 0.1) is 0 Å². The molecule has 0 spiro atoms. The Morgan fingerprint density at radius 3 is 2.95 bits per heavy atom. The average molecular weight is 268 g/mol. The zero-order chi connectivity index (χ0) is 13.9. The summed E-state index contributed by atoms with van der Waals surface area (Å²) in [5.41, 5.74) is 3.60. The normalized spacial score (nSPS) is 10.7. The van der Waals surface area contributed by atoms with E-state index in [0.29, 0.717) is 6.54 Å². The van der Waals surface area contributed by atoms with Crippen LogP contribution in [0.2, 0.25) is 0 Å². The Morgan fingerprint density at radius 2 is 2.20 bits per heavy atom. The number of pyridine rings is 2. The molecular formula is C14H12N4O2. The van der Waals surface area contributed by atoms with Crippen LogP contribution in [-0.4, -0.2) is 25.6 Å². The molecule has 100 valence electrons. The predicted octanol–water partition coefficient (Wildman–Crippen LogP) is 1.60. The molecule has 0 aromatic carbocycles. The summed E-state index contributed by atoms with van der Waals surface area (Å²) >= 11 is 0. The van der Waals surface area contributed by atoms with Crippen LogP contribution in [0.1, 0.15) is 16.2 Å². The summed E-state index contributed by atoms with van der Waals surface area (Å²) in [4.78, 5) is 19.6. The Kier molecular flexibility index (Phi) is 3.14. The van der Waals surface area contributed by atoms with Crippen molar-refractivity contribution >= 4 is 16.8 Å². The van der Waals surface area contributed by atoms with Gasteiger partial charge in [-0.1, -0.05) is 6.07 Å². The molecule has 0 fully saturated rings. The highest BCUT2D eigenvalue weighted by Gasteiger charge is 2.09. The minimum absolute atomic E-state index is 0.176. The lowest BCUT2D eigenvalue weighted by Crippen LogP contribution is -2.19. The van der Waals surface area contributed by atoms with Gasteiger partial charge in [-0.25, -0.2) is 10.5 Å². The van der Waals surface area contributed by atoms with Gasteiger partial charge in [-0.15, -0.1) is 0 Å². The topological polar surface area (TPSA) is 80.0 Å². The van der Waals surface area contributed by atoms with Crippen molar-refractivity contribution in [1.82, 2.24) is 20.0 Å². The molecule has 3 heterocycles. The number of fused-ring (bicyclic) bond motifs is 1. The molecule has 0 saturated carbocycles. The van der Waals surface area contributed by atoms with E-state index in [1.54, 1.807) is 23.9 Å². The highest BCUT2D eigenvalue weighted by Crippen LogP contribution is 2.17. The first-order valence-corrected chi connectivity index (χ1v) is 6.07. The number of nitrogens with one attached hydrogen (secondary N) is 1. The SMILES string of the molecule is O=C(NO)c1cc2ccn(Cc3ccccn3)c2cn1. The number of hydroxylamine groups is 1. The van der Waals surface area contributed by atoms with Crippen LogP contribution in [0.5, 0.6) is 0 Å². The van der Waals surface area contributed by atoms with Crippen molar-refractivity contribution in [1.29, 1.82) is 0 Å². The minimum Gasteiger partial charge on any atom is -0.340 e. The molecule has 0 aliphatic rings. The van der Waals surface area contributed by atoms with Gasteiger partial charge in [0.15, 0.2) is 0 Å². The largest absolute Gasteiger partial charge is 0.340 e. The molecule has 6 heteroatoms. The molecule has 3 aromatic heterocycles. The highest BCUT2D eigenvalue weighted by molar-refractivity contribution is 5.95. The second kappa shape index (κ2) is 5.10. The van der Waals surface area contributed by atoms with Gasteiger partial charge in [-0.3, -0.25) is 15.0 Å². The number of hydrogen-bond donors (Lipinski definition) is 2. The van der Waals surface area contributed by atoms with Gasteiger partial charge in [0.1, 0.15) is 5.69 Å². The van der Waals surface area contributed by atoms with Gasteiger partial charge in [-0.2, -0.15) is 0 Å². The standard InChI is InChI=1S/C14H12N4O2/c19-14(17-20)12-7-10-4-6-18(13(10)8-16-12)9-11-3-1-2-5-15-11/h1-8,20H,9H2,(H,17,19). The minimum atomic E-state index is -0.621. The monoisotopic (exact) mass is 268 g/mol. The third kappa shape index (κ3) is 2.24. The quantitative estimate of drug-likeness (QED) is 0.558. The molecule has 2 N–H and O–H groups in total. The fourth-order valence-corrected chi connectivity index (χ4v) is 2.07. The van der Waals surface area contributed by atoms with Gasteiger partial charge in [0, 0.05) is 17.8 Å². The van der Waals surface area contributed by atoms with Crippen molar-refractivity contribution in [2.45, 2.75) is 6.54 Å². The summed E-state index contributed by atoms with van der Waals surface area (Å²) in [6.07, 6.45) is 5.29. The lowest BCUT2D eigenvalue weighted by Gasteiger charge is -2.05. The van der Waals surface area contributed by atoms with E-state index in [-0.39, 0.29) is 5.69 Å². The molecule has 0 aliphatic heterocycles. The van der Waals surface area contributed by atoms with E-state index in [9.17, 15) is 4.79 Å². The van der Waals surface area contributed by atoms with E-state index in [1.807, 2.05) is 35.0 Å². The summed E-state index contributed by atoms with van der Waals surface area (Å²) in [5.74, 6) is -0.621. The second-order valence-electron chi connectivity index (χ2n) is 4.33. The Balaban J connectivity index is 1.96. The van der Waals surface area contributed by atoms with Crippen LogP contribution in [0.4, 0.5) is 0 Å². The van der Waals surface area contributed by atoms with Crippen LogP contribution in [0.15, 0.2) is 48.9 Å². The molecule has 3 aromatic rings. The van der Waals surface area contributed by atoms with Gasteiger partial charge in [0.2, 0.25) is 0 Å². The van der Waals surface area contributed by atoms with Gasteiger partial charge in [-0.05, 0) is 24.3 Å². The Labute approximate surface area is 114 Å².